The highest BCUT2D eigenvalue weighted by Crippen LogP contribution is 2.50. The van der Waals surface area contributed by atoms with Gasteiger partial charge in [0, 0.05) is 5.92 Å². The number of aryl methyl sites for hydroxylation is 1. The monoisotopic (exact) mass is 220 g/mol. The zero-order valence-corrected chi connectivity index (χ0v) is 9.56. The molecule has 86 valence electrons. The second kappa shape index (κ2) is 4.16. The molecule has 0 heterocycles. The smallest absolute Gasteiger partial charge is 0.307 e. The third-order valence-electron chi connectivity index (χ3n) is 2.97. The number of benzene rings is 1. The Kier molecular flexibility index (Phi) is 2.86. The molecule has 0 aliphatic heterocycles. The van der Waals surface area contributed by atoms with Crippen LogP contribution in [0.5, 0.6) is 5.75 Å². The molecule has 2 unspecified atom stereocenters. The van der Waals surface area contributed by atoms with Gasteiger partial charge in [0.25, 0.3) is 0 Å². The van der Waals surface area contributed by atoms with Gasteiger partial charge in [-0.15, -0.1) is 0 Å². The van der Waals surface area contributed by atoms with E-state index in [4.69, 9.17) is 9.84 Å². The number of hydrogen-bond donors (Lipinski definition) is 1. The zero-order chi connectivity index (χ0) is 11.7. The lowest BCUT2D eigenvalue weighted by Gasteiger charge is -2.10. The van der Waals surface area contributed by atoms with E-state index in [2.05, 4.69) is 0 Å². The summed E-state index contributed by atoms with van der Waals surface area (Å²) in [7, 11) is 0. The summed E-state index contributed by atoms with van der Waals surface area (Å²) in [4.78, 5) is 10.9. The third-order valence-corrected chi connectivity index (χ3v) is 2.97. The number of carbonyl (C=O) groups is 1. The molecule has 1 aromatic rings. The molecule has 1 aromatic carbocycles. The van der Waals surface area contributed by atoms with Crippen LogP contribution in [-0.2, 0) is 4.79 Å². The first kappa shape index (κ1) is 11.0. The van der Waals surface area contributed by atoms with E-state index in [0.717, 1.165) is 23.3 Å². The van der Waals surface area contributed by atoms with Crippen LogP contribution in [0.4, 0.5) is 0 Å². The molecule has 0 amide bonds. The van der Waals surface area contributed by atoms with Crippen molar-refractivity contribution in [2.24, 2.45) is 5.92 Å². The maximum Gasteiger partial charge on any atom is 0.307 e. The summed E-state index contributed by atoms with van der Waals surface area (Å²) >= 11 is 0. The van der Waals surface area contributed by atoms with Crippen LogP contribution >= 0.6 is 0 Å². The van der Waals surface area contributed by atoms with Crippen molar-refractivity contribution in [3.8, 4) is 5.75 Å². The van der Waals surface area contributed by atoms with Crippen molar-refractivity contribution in [1.82, 2.24) is 0 Å². The second-order valence-electron chi connectivity index (χ2n) is 4.26. The lowest BCUT2D eigenvalue weighted by atomic mass is 10.0. The largest absolute Gasteiger partial charge is 0.494 e. The molecule has 1 N–H and O–H groups in total. The van der Waals surface area contributed by atoms with Gasteiger partial charge in [-0.1, -0.05) is 17.7 Å². The van der Waals surface area contributed by atoms with E-state index in [1.807, 2.05) is 32.0 Å². The summed E-state index contributed by atoms with van der Waals surface area (Å²) in [5, 5.41) is 8.93. The van der Waals surface area contributed by atoms with Gasteiger partial charge >= 0.3 is 5.97 Å². The van der Waals surface area contributed by atoms with E-state index in [1.54, 1.807) is 0 Å². The number of rotatable bonds is 4. The predicted molar refractivity (Wildman–Crippen MR) is 60.8 cm³/mol. The van der Waals surface area contributed by atoms with E-state index in [9.17, 15) is 4.79 Å². The van der Waals surface area contributed by atoms with Gasteiger partial charge in [-0.3, -0.25) is 4.79 Å². The Bertz CT molecular complexity index is 412. The fourth-order valence-electron chi connectivity index (χ4n) is 2.06. The quantitative estimate of drug-likeness (QED) is 0.848. The average molecular weight is 220 g/mol. The molecule has 0 bridgehead atoms. The van der Waals surface area contributed by atoms with Crippen molar-refractivity contribution in [3.05, 3.63) is 29.3 Å². The van der Waals surface area contributed by atoms with Gasteiger partial charge in [-0.05, 0) is 31.9 Å². The molecule has 1 aliphatic rings. The summed E-state index contributed by atoms with van der Waals surface area (Å²) < 4.78 is 5.53. The van der Waals surface area contributed by atoms with Crippen molar-refractivity contribution in [1.29, 1.82) is 0 Å². The van der Waals surface area contributed by atoms with Gasteiger partial charge in [-0.2, -0.15) is 0 Å². The van der Waals surface area contributed by atoms with Gasteiger partial charge < -0.3 is 9.84 Å². The zero-order valence-electron chi connectivity index (χ0n) is 9.56. The topological polar surface area (TPSA) is 46.5 Å². The van der Waals surface area contributed by atoms with E-state index < -0.39 is 5.97 Å². The molecule has 3 heteroatoms. The van der Waals surface area contributed by atoms with Crippen LogP contribution in [-0.4, -0.2) is 17.7 Å². The Morgan fingerprint density at radius 1 is 1.56 bits per heavy atom. The molecular formula is C13H16O3. The summed E-state index contributed by atoms with van der Waals surface area (Å²) in [6, 6.07) is 5.97. The number of ether oxygens (including phenoxy) is 1. The maximum atomic E-state index is 10.9. The highest BCUT2D eigenvalue weighted by atomic mass is 16.5. The second-order valence-corrected chi connectivity index (χ2v) is 4.26. The lowest BCUT2D eigenvalue weighted by molar-refractivity contribution is -0.138. The molecular weight excluding hydrogens is 204 g/mol. The Hall–Kier alpha value is -1.51. The molecule has 1 fully saturated rings. The predicted octanol–water partition coefficient (Wildman–Crippen LogP) is 2.58. The van der Waals surface area contributed by atoms with Crippen molar-refractivity contribution in [3.63, 3.8) is 0 Å². The summed E-state index contributed by atoms with van der Waals surface area (Å²) in [6.07, 6.45) is 0.735. The van der Waals surface area contributed by atoms with E-state index in [1.165, 1.54) is 0 Å². The standard InChI is InChI=1S/C13H16O3/c1-3-16-12-5-4-8(2)6-10(12)9-7-11(9)13(14)15/h4-6,9,11H,3,7H2,1-2H3,(H,14,15). The first-order valence-corrected chi connectivity index (χ1v) is 5.59. The number of carboxylic acids is 1. The Balaban J connectivity index is 2.25. The fraction of sp³-hybridized carbons (Fsp3) is 0.462. The van der Waals surface area contributed by atoms with Gasteiger partial charge in [0.2, 0.25) is 0 Å². The Morgan fingerprint density at radius 2 is 2.31 bits per heavy atom. The van der Waals surface area contributed by atoms with Crippen molar-refractivity contribution in [2.75, 3.05) is 6.61 Å². The van der Waals surface area contributed by atoms with Crippen LogP contribution in [0, 0.1) is 12.8 Å². The third kappa shape index (κ3) is 2.03. The van der Waals surface area contributed by atoms with Gasteiger partial charge in [0.05, 0.1) is 12.5 Å². The molecule has 0 aromatic heterocycles. The maximum absolute atomic E-state index is 10.9. The first-order chi connectivity index (χ1) is 7.63. The van der Waals surface area contributed by atoms with Crippen molar-refractivity contribution in [2.45, 2.75) is 26.2 Å². The van der Waals surface area contributed by atoms with Crippen LogP contribution in [0.2, 0.25) is 0 Å². The van der Waals surface area contributed by atoms with Crippen LogP contribution < -0.4 is 4.74 Å². The van der Waals surface area contributed by atoms with E-state index in [0.29, 0.717) is 6.61 Å². The molecule has 1 saturated carbocycles. The molecule has 3 nitrogen and oxygen atoms in total. The van der Waals surface area contributed by atoms with Crippen LogP contribution in [0.25, 0.3) is 0 Å². The summed E-state index contributed by atoms with van der Waals surface area (Å²) in [6.45, 7) is 4.56. The van der Waals surface area contributed by atoms with E-state index >= 15 is 0 Å². The highest BCUT2D eigenvalue weighted by molar-refractivity contribution is 5.75. The van der Waals surface area contributed by atoms with Crippen LogP contribution in [0.1, 0.15) is 30.4 Å². The van der Waals surface area contributed by atoms with Gasteiger partial charge in [-0.25, -0.2) is 0 Å². The fourth-order valence-corrected chi connectivity index (χ4v) is 2.06. The minimum Gasteiger partial charge on any atom is -0.494 e. The van der Waals surface area contributed by atoms with E-state index in [-0.39, 0.29) is 11.8 Å². The Labute approximate surface area is 95.0 Å². The summed E-state index contributed by atoms with van der Waals surface area (Å²) in [5.74, 6) is 0.0516. The molecule has 0 saturated heterocycles. The highest BCUT2D eigenvalue weighted by Gasteiger charge is 2.45. The number of aliphatic carboxylic acids is 1. The number of carboxylic acid groups (broad SMARTS) is 1. The minimum atomic E-state index is -0.700. The Morgan fingerprint density at radius 3 is 2.88 bits per heavy atom. The average Bonchev–Trinajstić information content (AvgIpc) is 3.00. The van der Waals surface area contributed by atoms with Crippen molar-refractivity contribution < 1.29 is 14.6 Å². The molecule has 0 radical (unpaired) electrons. The normalized spacial score (nSPS) is 22.9. The SMILES string of the molecule is CCOc1ccc(C)cc1C1CC1C(=O)O. The van der Waals surface area contributed by atoms with Gasteiger partial charge in [0.1, 0.15) is 5.75 Å². The van der Waals surface area contributed by atoms with Gasteiger partial charge in [0.15, 0.2) is 0 Å². The van der Waals surface area contributed by atoms with Crippen molar-refractivity contribution >= 4 is 5.97 Å². The van der Waals surface area contributed by atoms with Crippen LogP contribution in [0.3, 0.4) is 0 Å². The molecule has 2 atom stereocenters. The molecule has 1 aliphatic carbocycles. The van der Waals surface area contributed by atoms with Crippen LogP contribution in [0.15, 0.2) is 18.2 Å². The molecule has 2 rings (SSSR count). The number of hydrogen-bond acceptors (Lipinski definition) is 2. The first-order valence-electron chi connectivity index (χ1n) is 5.59. The minimum absolute atomic E-state index is 0.138. The molecule has 16 heavy (non-hydrogen) atoms. The summed E-state index contributed by atoms with van der Waals surface area (Å²) in [5.41, 5.74) is 2.20. The molecule has 0 spiro atoms. The lowest BCUT2D eigenvalue weighted by Crippen LogP contribution is -2.01.